The molecule has 0 aliphatic heterocycles. The van der Waals surface area contributed by atoms with Gasteiger partial charge in [0.1, 0.15) is 22.3 Å². The van der Waals surface area contributed by atoms with Gasteiger partial charge in [-0.1, -0.05) is 12.1 Å². The van der Waals surface area contributed by atoms with E-state index < -0.39 is 16.9 Å². The number of nitrogens with zero attached hydrogens (tertiary/aromatic N) is 3. The predicted molar refractivity (Wildman–Crippen MR) is 101 cm³/mol. The van der Waals surface area contributed by atoms with Crippen molar-refractivity contribution in [3.63, 3.8) is 0 Å². The molecule has 2 aromatic heterocycles. The Labute approximate surface area is 157 Å². The molecule has 2 heterocycles. The van der Waals surface area contributed by atoms with Gasteiger partial charge in [0, 0.05) is 31.4 Å². The van der Waals surface area contributed by atoms with Gasteiger partial charge < -0.3 is 10.4 Å². The Kier molecular flexibility index (Phi) is 5.31. The topological polar surface area (TPSA) is 95.4 Å². The van der Waals surface area contributed by atoms with E-state index in [2.05, 4.69) is 15.3 Å². The highest BCUT2D eigenvalue weighted by atomic mass is 32.2. The molecule has 0 saturated heterocycles. The van der Waals surface area contributed by atoms with Gasteiger partial charge >= 0.3 is 0 Å². The van der Waals surface area contributed by atoms with Gasteiger partial charge in [-0.2, -0.15) is 0 Å². The zero-order valence-electron chi connectivity index (χ0n) is 14.6. The third kappa shape index (κ3) is 3.87. The van der Waals surface area contributed by atoms with Gasteiger partial charge in [0.2, 0.25) is 0 Å². The summed E-state index contributed by atoms with van der Waals surface area (Å²) in [6.45, 7) is 0.130. The molecule has 0 aliphatic carbocycles. The van der Waals surface area contributed by atoms with Crippen LogP contribution in [0.5, 0.6) is 5.75 Å². The van der Waals surface area contributed by atoms with Gasteiger partial charge in [-0.3, -0.25) is 14.1 Å². The molecule has 2 N–H and O–H groups in total. The summed E-state index contributed by atoms with van der Waals surface area (Å²) >= 11 is 0. The van der Waals surface area contributed by atoms with Crippen LogP contribution in [0.25, 0.3) is 10.9 Å². The summed E-state index contributed by atoms with van der Waals surface area (Å²) in [6, 6.07) is 9.01. The van der Waals surface area contributed by atoms with E-state index in [0.29, 0.717) is 10.9 Å². The van der Waals surface area contributed by atoms with E-state index >= 15 is 0 Å². The first-order valence-corrected chi connectivity index (χ1v) is 9.47. The van der Waals surface area contributed by atoms with Crippen molar-refractivity contribution in [1.82, 2.24) is 15.3 Å². The molecule has 7 nitrogen and oxygen atoms in total. The number of hydrogen-bond acceptors (Lipinski definition) is 5. The van der Waals surface area contributed by atoms with Crippen LogP contribution < -0.4 is 9.62 Å². The van der Waals surface area contributed by atoms with Crippen LogP contribution in [0.15, 0.2) is 42.6 Å². The fourth-order valence-corrected chi connectivity index (χ4v) is 2.88. The normalized spacial score (nSPS) is 12.0. The molecule has 1 atom stereocenters. The van der Waals surface area contributed by atoms with Gasteiger partial charge in [0.15, 0.2) is 17.3 Å². The van der Waals surface area contributed by atoms with Crippen LogP contribution >= 0.6 is 0 Å². The molecule has 0 radical (unpaired) electrons. The zero-order valence-corrected chi connectivity index (χ0v) is 15.5. The molecule has 1 amide bonds. The molecule has 1 unspecified atom stereocenters. The summed E-state index contributed by atoms with van der Waals surface area (Å²) in [6.07, 6.45) is 2.96. The number of nitrogens with one attached hydrogen (secondary N) is 1. The Bertz CT molecular complexity index is 1030. The second-order valence-corrected chi connectivity index (χ2v) is 7.16. The van der Waals surface area contributed by atoms with Crippen LogP contribution in [-0.2, 0) is 17.5 Å². The standard InChI is InChI=1S/C18H17FN4O3S/c1-23(27(2)26)17-13-4-3-9-20-14(13)16(24)15(22-17)18(25)21-10-11-5-7-12(19)8-6-11/h3-9,24H,10H2,1-2H3,(H,21,25). The van der Waals surface area contributed by atoms with Crippen LogP contribution in [0.1, 0.15) is 16.1 Å². The average molecular weight is 388 g/mol. The number of fused-ring (bicyclic) bond motifs is 1. The van der Waals surface area contributed by atoms with Crippen molar-refractivity contribution in [2.45, 2.75) is 6.54 Å². The van der Waals surface area contributed by atoms with Gasteiger partial charge in [-0.05, 0) is 29.8 Å². The highest BCUT2D eigenvalue weighted by Crippen LogP contribution is 2.32. The van der Waals surface area contributed by atoms with Gasteiger partial charge in [0.05, 0.1) is 0 Å². The third-order valence-corrected chi connectivity index (χ3v) is 4.92. The molecule has 0 bridgehead atoms. The maximum Gasteiger partial charge on any atom is 0.274 e. The maximum absolute atomic E-state index is 13.0. The molecule has 9 heteroatoms. The van der Waals surface area contributed by atoms with E-state index in [1.807, 2.05) is 0 Å². The van der Waals surface area contributed by atoms with Crippen LogP contribution in [0, 0.1) is 5.82 Å². The lowest BCUT2D eigenvalue weighted by molar-refractivity contribution is 0.0943. The lowest BCUT2D eigenvalue weighted by atomic mass is 10.2. The number of anilines is 1. The van der Waals surface area contributed by atoms with Crippen LogP contribution in [-0.4, -0.2) is 38.5 Å². The summed E-state index contributed by atoms with van der Waals surface area (Å²) in [5.41, 5.74) is 0.650. The minimum atomic E-state index is -1.39. The highest BCUT2D eigenvalue weighted by molar-refractivity contribution is 7.85. The monoisotopic (exact) mass is 388 g/mol. The minimum absolute atomic E-state index is 0.130. The zero-order chi connectivity index (χ0) is 19.6. The van der Waals surface area contributed by atoms with E-state index in [1.54, 1.807) is 31.3 Å². The number of carbonyl (C=O) groups is 1. The van der Waals surface area contributed by atoms with Crippen molar-refractivity contribution in [3.05, 3.63) is 59.7 Å². The first-order valence-electron chi connectivity index (χ1n) is 7.96. The van der Waals surface area contributed by atoms with Crippen molar-refractivity contribution in [3.8, 4) is 5.75 Å². The number of halogens is 1. The predicted octanol–water partition coefficient (Wildman–Crippen LogP) is 2.13. The second kappa shape index (κ2) is 7.67. The molecule has 3 rings (SSSR count). The third-order valence-electron chi connectivity index (χ3n) is 3.98. The minimum Gasteiger partial charge on any atom is -0.504 e. The smallest absolute Gasteiger partial charge is 0.274 e. The Morgan fingerprint density at radius 1 is 1.30 bits per heavy atom. The Hall–Kier alpha value is -3.07. The number of pyridine rings is 2. The lowest BCUT2D eigenvalue weighted by Crippen LogP contribution is -2.26. The lowest BCUT2D eigenvalue weighted by Gasteiger charge is -2.18. The largest absolute Gasteiger partial charge is 0.504 e. The van der Waals surface area contributed by atoms with E-state index in [0.717, 1.165) is 0 Å². The van der Waals surface area contributed by atoms with Crippen molar-refractivity contribution < 1.29 is 18.5 Å². The van der Waals surface area contributed by atoms with Crippen molar-refractivity contribution >= 4 is 33.6 Å². The fraction of sp³-hybridized carbons (Fsp3) is 0.167. The number of rotatable bonds is 5. The van der Waals surface area contributed by atoms with Crippen LogP contribution in [0.3, 0.4) is 0 Å². The fourth-order valence-electron chi connectivity index (χ4n) is 2.49. The number of amides is 1. The molecule has 0 spiro atoms. The Morgan fingerprint density at radius 3 is 2.67 bits per heavy atom. The number of aromatic hydroxyl groups is 1. The summed E-state index contributed by atoms with van der Waals surface area (Å²) in [4.78, 5) is 20.9. The summed E-state index contributed by atoms with van der Waals surface area (Å²) in [5, 5.41) is 13.6. The van der Waals surface area contributed by atoms with E-state index in [1.165, 1.54) is 28.9 Å². The second-order valence-electron chi connectivity index (χ2n) is 5.76. The summed E-state index contributed by atoms with van der Waals surface area (Å²) in [5.74, 6) is -1.09. The van der Waals surface area contributed by atoms with Gasteiger partial charge in [-0.15, -0.1) is 0 Å². The molecule has 1 aromatic carbocycles. The molecule has 0 fully saturated rings. The summed E-state index contributed by atoms with van der Waals surface area (Å²) < 4.78 is 26.2. The SMILES string of the molecule is CN(c1nc(C(=O)NCc2ccc(F)cc2)c(O)c2ncccc12)S(C)=O. The van der Waals surface area contributed by atoms with Crippen LogP contribution in [0.4, 0.5) is 10.2 Å². The van der Waals surface area contributed by atoms with Gasteiger partial charge in [-0.25, -0.2) is 13.6 Å². The molecule has 140 valence electrons. The molecular weight excluding hydrogens is 371 g/mol. The number of carbonyl (C=O) groups excluding carboxylic acids is 1. The van der Waals surface area contributed by atoms with Crippen LogP contribution in [0.2, 0.25) is 0 Å². The Morgan fingerprint density at radius 2 is 2.00 bits per heavy atom. The quantitative estimate of drug-likeness (QED) is 0.698. The van der Waals surface area contributed by atoms with E-state index in [9.17, 15) is 18.5 Å². The highest BCUT2D eigenvalue weighted by Gasteiger charge is 2.22. The molecule has 3 aromatic rings. The molecule has 0 aliphatic rings. The first-order chi connectivity index (χ1) is 12.9. The molecule has 27 heavy (non-hydrogen) atoms. The number of aromatic nitrogens is 2. The molecular formula is C18H17FN4O3S. The first kappa shape index (κ1) is 18.7. The van der Waals surface area contributed by atoms with Crippen molar-refractivity contribution in [2.24, 2.45) is 0 Å². The number of benzene rings is 1. The van der Waals surface area contributed by atoms with E-state index in [4.69, 9.17) is 0 Å². The van der Waals surface area contributed by atoms with E-state index in [-0.39, 0.29) is 35.1 Å². The van der Waals surface area contributed by atoms with Crippen molar-refractivity contribution in [2.75, 3.05) is 17.6 Å². The summed E-state index contributed by atoms with van der Waals surface area (Å²) in [7, 11) is 0.185. The average Bonchev–Trinajstić information content (AvgIpc) is 2.67. The van der Waals surface area contributed by atoms with Gasteiger partial charge in [0.25, 0.3) is 5.91 Å². The Balaban J connectivity index is 1.97. The molecule has 0 saturated carbocycles. The van der Waals surface area contributed by atoms with Crippen molar-refractivity contribution in [1.29, 1.82) is 0 Å². The maximum atomic E-state index is 13.0. The number of hydrogen-bond donors (Lipinski definition) is 2.